The molecule has 0 radical (unpaired) electrons. The van der Waals surface area contributed by atoms with Gasteiger partial charge < -0.3 is 0 Å². The Morgan fingerprint density at radius 3 is 2.41 bits per heavy atom. The van der Waals surface area contributed by atoms with Crippen molar-refractivity contribution >= 4 is 11.6 Å². The number of nitrogens with one attached hydrogen (secondary N) is 2. The Labute approximate surface area is 103 Å². The summed E-state index contributed by atoms with van der Waals surface area (Å²) in [7, 11) is 0. The zero-order valence-electron chi connectivity index (χ0n) is 10.7. The van der Waals surface area contributed by atoms with Crippen LogP contribution in [0.1, 0.15) is 32.8 Å². The third kappa shape index (κ3) is 4.31. The molecular weight excluding hydrogens is 212 g/mol. The lowest BCUT2D eigenvalue weighted by Crippen LogP contribution is -2.38. The molecule has 0 aliphatic carbocycles. The summed E-state index contributed by atoms with van der Waals surface area (Å²) in [4.78, 5) is 11.5. The van der Waals surface area contributed by atoms with Gasteiger partial charge in [-0.1, -0.05) is 57.2 Å². The molecule has 3 nitrogen and oxygen atoms in total. The molecule has 3 heteroatoms. The molecule has 0 saturated carbocycles. The van der Waals surface area contributed by atoms with E-state index in [2.05, 4.69) is 23.9 Å². The van der Waals surface area contributed by atoms with E-state index in [1.54, 1.807) is 0 Å². The third-order valence-electron chi connectivity index (χ3n) is 2.34. The smallest absolute Gasteiger partial charge is 0.240 e. The number of allylic oxidation sites excluding steroid dienone is 1. The zero-order valence-corrected chi connectivity index (χ0v) is 10.7. The lowest BCUT2D eigenvalue weighted by atomic mass is 10.1. The van der Waals surface area contributed by atoms with Crippen molar-refractivity contribution in [2.45, 2.75) is 27.2 Å². The van der Waals surface area contributed by atoms with Gasteiger partial charge in [0.15, 0.2) is 0 Å². The highest BCUT2D eigenvalue weighted by molar-refractivity contribution is 5.79. The fourth-order valence-corrected chi connectivity index (χ4v) is 1.34. The Hall–Kier alpha value is -1.77. The summed E-state index contributed by atoms with van der Waals surface area (Å²) in [6, 6.07) is 9.95. The fraction of sp³-hybridized carbons (Fsp3) is 0.357. The molecule has 0 aliphatic heterocycles. The molecule has 0 aliphatic rings. The summed E-state index contributed by atoms with van der Waals surface area (Å²) in [6.45, 7) is 5.79. The quantitative estimate of drug-likeness (QED) is 0.766. The van der Waals surface area contributed by atoms with Gasteiger partial charge in [0.05, 0.1) is 5.70 Å². The van der Waals surface area contributed by atoms with Crippen LogP contribution in [0.4, 0.5) is 0 Å². The van der Waals surface area contributed by atoms with E-state index in [1.165, 1.54) is 0 Å². The molecule has 0 spiro atoms. The average Bonchev–Trinajstić information content (AvgIpc) is 2.35. The Morgan fingerprint density at radius 2 is 1.88 bits per heavy atom. The van der Waals surface area contributed by atoms with Crippen LogP contribution in [-0.4, -0.2) is 5.91 Å². The lowest BCUT2D eigenvalue weighted by molar-refractivity contribution is -0.124. The number of hydrogen-bond acceptors (Lipinski definition) is 2. The molecule has 92 valence electrons. The minimum Gasteiger partial charge on any atom is -0.298 e. The van der Waals surface area contributed by atoms with Gasteiger partial charge in [-0.15, -0.1) is 0 Å². The maximum Gasteiger partial charge on any atom is 0.240 e. The maximum atomic E-state index is 11.5. The highest BCUT2D eigenvalue weighted by Gasteiger charge is 2.06. The minimum atomic E-state index is -0.0267. The number of benzene rings is 1. The molecule has 0 aromatic heterocycles. The molecule has 1 aromatic rings. The number of amides is 1. The van der Waals surface area contributed by atoms with Crippen molar-refractivity contribution in [3.8, 4) is 0 Å². The first-order valence-electron chi connectivity index (χ1n) is 5.96. The number of carbonyl (C=O) groups excluding carboxylic acids is 1. The summed E-state index contributed by atoms with van der Waals surface area (Å²) in [5.41, 5.74) is 7.69. The molecule has 0 heterocycles. The molecule has 17 heavy (non-hydrogen) atoms. The van der Waals surface area contributed by atoms with Gasteiger partial charge in [0.1, 0.15) is 0 Å². The highest BCUT2D eigenvalue weighted by atomic mass is 16.2. The van der Waals surface area contributed by atoms with E-state index in [0.29, 0.717) is 0 Å². The normalized spacial score (nSPS) is 11.4. The van der Waals surface area contributed by atoms with E-state index in [-0.39, 0.29) is 11.8 Å². The Morgan fingerprint density at radius 1 is 1.24 bits per heavy atom. The van der Waals surface area contributed by atoms with Crippen LogP contribution in [0, 0.1) is 5.92 Å². The first-order valence-corrected chi connectivity index (χ1v) is 5.96. The van der Waals surface area contributed by atoms with Crippen LogP contribution in [0.25, 0.3) is 5.70 Å². The van der Waals surface area contributed by atoms with E-state index < -0.39 is 0 Å². The summed E-state index contributed by atoms with van der Waals surface area (Å²) >= 11 is 0. The maximum absolute atomic E-state index is 11.5. The molecule has 2 N–H and O–H groups in total. The van der Waals surface area contributed by atoms with Gasteiger partial charge in [-0.2, -0.15) is 0 Å². The average molecular weight is 232 g/mol. The van der Waals surface area contributed by atoms with Crippen molar-refractivity contribution < 1.29 is 4.79 Å². The van der Waals surface area contributed by atoms with Crippen molar-refractivity contribution in [2.24, 2.45) is 5.92 Å². The molecular formula is C14H20N2O. The number of hydrogen-bond donors (Lipinski definition) is 2. The third-order valence-corrected chi connectivity index (χ3v) is 2.34. The molecule has 1 rings (SSSR count). The summed E-state index contributed by atoms with van der Waals surface area (Å²) in [6.07, 6.45) is 2.96. The van der Waals surface area contributed by atoms with Gasteiger partial charge in [-0.25, -0.2) is 0 Å². The van der Waals surface area contributed by atoms with Crippen LogP contribution in [0.15, 0.2) is 36.4 Å². The number of hydrazine groups is 1. The largest absolute Gasteiger partial charge is 0.298 e. The predicted octanol–water partition coefficient (Wildman–Crippen LogP) is 2.71. The second kappa shape index (κ2) is 6.74. The van der Waals surface area contributed by atoms with Gasteiger partial charge in [0.25, 0.3) is 0 Å². The van der Waals surface area contributed by atoms with E-state index >= 15 is 0 Å². The van der Waals surface area contributed by atoms with Gasteiger partial charge in [0, 0.05) is 5.92 Å². The van der Waals surface area contributed by atoms with E-state index in [9.17, 15) is 4.79 Å². The second-order valence-corrected chi connectivity index (χ2v) is 4.16. The Kier molecular flexibility index (Phi) is 5.27. The van der Waals surface area contributed by atoms with Gasteiger partial charge >= 0.3 is 0 Å². The first kappa shape index (κ1) is 13.3. The molecule has 1 amide bonds. The van der Waals surface area contributed by atoms with Crippen molar-refractivity contribution in [3.05, 3.63) is 42.0 Å². The summed E-state index contributed by atoms with van der Waals surface area (Å²) in [5.74, 6) is -0.0379. The molecule has 1 aromatic carbocycles. The SMILES string of the molecule is CCC=C(NNC(=O)C(C)C)c1ccccc1. The standard InChI is InChI=1S/C14H20N2O/c1-4-8-13(12-9-6-5-7-10-12)15-16-14(17)11(2)3/h5-11,15H,4H2,1-3H3,(H,16,17). The summed E-state index contributed by atoms with van der Waals surface area (Å²) < 4.78 is 0. The number of rotatable bonds is 5. The Bertz CT molecular complexity index is 382. The molecule has 0 atom stereocenters. The van der Waals surface area contributed by atoms with Crippen LogP contribution in [0.3, 0.4) is 0 Å². The zero-order chi connectivity index (χ0) is 12.7. The van der Waals surface area contributed by atoms with Crippen LogP contribution in [0.2, 0.25) is 0 Å². The van der Waals surface area contributed by atoms with Crippen molar-refractivity contribution in [1.82, 2.24) is 10.9 Å². The topological polar surface area (TPSA) is 41.1 Å². The minimum absolute atomic E-state index is 0.0112. The first-order chi connectivity index (χ1) is 8.15. The lowest BCUT2D eigenvalue weighted by Gasteiger charge is -2.14. The van der Waals surface area contributed by atoms with E-state index in [0.717, 1.165) is 17.7 Å². The van der Waals surface area contributed by atoms with Gasteiger partial charge in [-0.05, 0) is 12.0 Å². The van der Waals surface area contributed by atoms with E-state index in [1.807, 2.05) is 44.2 Å². The van der Waals surface area contributed by atoms with Crippen LogP contribution in [-0.2, 0) is 4.79 Å². The highest BCUT2D eigenvalue weighted by Crippen LogP contribution is 2.10. The predicted molar refractivity (Wildman–Crippen MR) is 70.8 cm³/mol. The molecule has 0 bridgehead atoms. The molecule has 0 fully saturated rings. The van der Waals surface area contributed by atoms with Gasteiger partial charge in [0.2, 0.25) is 5.91 Å². The van der Waals surface area contributed by atoms with Crippen LogP contribution in [0.5, 0.6) is 0 Å². The molecule has 0 saturated heterocycles. The fourth-order valence-electron chi connectivity index (χ4n) is 1.34. The van der Waals surface area contributed by atoms with Crippen molar-refractivity contribution in [3.63, 3.8) is 0 Å². The number of carbonyl (C=O) groups is 1. The van der Waals surface area contributed by atoms with Crippen molar-refractivity contribution in [2.75, 3.05) is 0 Å². The van der Waals surface area contributed by atoms with Gasteiger partial charge in [-0.3, -0.25) is 15.6 Å². The monoisotopic (exact) mass is 232 g/mol. The Balaban J connectivity index is 2.69. The second-order valence-electron chi connectivity index (χ2n) is 4.16. The van der Waals surface area contributed by atoms with Crippen LogP contribution < -0.4 is 10.9 Å². The van der Waals surface area contributed by atoms with Crippen molar-refractivity contribution in [1.29, 1.82) is 0 Å². The van der Waals surface area contributed by atoms with Crippen LogP contribution >= 0.6 is 0 Å². The molecule has 0 unspecified atom stereocenters. The summed E-state index contributed by atoms with van der Waals surface area (Å²) in [5, 5.41) is 0. The van der Waals surface area contributed by atoms with E-state index in [4.69, 9.17) is 0 Å².